The SMILES string of the molecule is Cc1ccc(C(=O)N[C@@H](C)CN)c(C)c1. The van der Waals surface area contributed by atoms with Crippen molar-refractivity contribution in [2.75, 3.05) is 6.54 Å². The molecule has 0 aliphatic rings. The maximum atomic E-state index is 11.8. The van der Waals surface area contributed by atoms with Gasteiger partial charge >= 0.3 is 0 Å². The smallest absolute Gasteiger partial charge is 0.251 e. The van der Waals surface area contributed by atoms with Crippen molar-refractivity contribution in [2.24, 2.45) is 5.73 Å². The van der Waals surface area contributed by atoms with Crippen LogP contribution in [-0.4, -0.2) is 18.5 Å². The molecule has 1 amide bonds. The monoisotopic (exact) mass is 206 g/mol. The van der Waals surface area contributed by atoms with Gasteiger partial charge in [-0.2, -0.15) is 0 Å². The highest BCUT2D eigenvalue weighted by atomic mass is 16.1. The quantitative estimate of drug-likeness (QED) is 0.785. The summed E-state index contributed by atoms with van der Waals surface area (Å²) >= 11 is 0. The first-order valence-corrected chi connectivity index (χ1v) is 5.12. The Labute approximate surface area is 90.7 Å². The summed E-state index contributed by atoms with van der Waals surface area (Å²) in [5.74, 6) is -0.0505. The highest BCUT2D eigenvalue weighted by Gasteiger charge is 2.10. The fourth-order valence-electron chi connectivity index (χ4n) is 1.43. The van der Waals surface area contributed by atoms with E-state index in [-0.39, 0.29) is 11.9 Å². The van der Waals surface area contributed by atoms with E-state index in [4.69, 9.17) is 5.73 Å². The lowest BCUT2D eigenvalue weighted by atomic mass is 10.1. The third-order valence-corrected chi connectivity index (χ3v) is 2.36. The second kappa shape index (κ2) is 4.94. The molecule has 1 aromatic rings. The molecular weight excluding hydrogens is 188 g/mol. The summed E-state index contributed by atoms with van der Waals surface area (Å²) in [6.45, 7) is 6.30. The normalized spacial score (nSPS) is 12.3. The molecule has 1 aromatic carbocycles. The van der Waals surface area contributed by atoms with Gasteiger partial charge in [0, 0.05) is 18.2 Å². The van der Waals surface area contributed by atoms with Gasteiger partial charge in [-0.1, -0.05) is 17.7 Å². The van der Waals surface area contributed by atoms with E-state index < -0.39 is 0 Å². The number of rotatable bonds is 3. The molecule has 0 saturated heterocycles. The Bertz CT molecular complexity index is 361. The summed E-state index contributed by atoms with van der Waals surface area (Å²) in [5.41, 5.74) is 8.33. The minimum Gasteiger partial charge on any atom is -0.348 e. The zero-order valence-corrected chi connectivity index (χ0v) is 9.50. The number of aryl methyl sites for hydroxylation is 2. The molecule has 3 heteroatoms. The van der Waals surface area contributed by atoms with Gasteiger partial charge in [-0.3, -0.25) is 4.79 Å². The molecule has 0 aliphatic carbocycles. The summed E-state index contributed by atoms with van der Waals surface area (Å²) < 4.78 is 0. The van der Waals surface area contributed by atoms with Crippen LogP contribution in [-0.2, 0) is 0 Å². The van der Waals surface area contributed by atoms with E-state index in [9.17, 15) is 4.79 Å². The second-order valence-corrected chi connectivity index (χ2v) is 3.93. The molecular formula is C12H18N2O. The number of amides is 1. The fraction of sp³-hybridized carbons (Fsp3) is 0.417. The standard InChI is InChI=1S/C12H18N2O/c1-8-4-5-11(9(2)6-8)12(15)14-10(3)7-13/h4-6,10H,7,13H2,1-3H3,(H,14,15)/t10-/m0/s1. The molecule has 0 aromatic heterocycles. The third-order valence-electron chi connectivity index (χ3n) is 2.36. The molecule has 0 saturated carbocycles. The number of nitrogens with two attached hydrogens (primary N) is 1. The van der Waals surface area contributed by atoms with Crippen molar-refractivity contribution in [1.29, 1.82) is 0 Å². The van der Waals surface area contributed by atoms with Crippen LogP contribution in [0.3, 0.4) is 0 Å². The minimum absolute atomic E-state index is 0.0122. The van der Waals surface area contributed by atoms with Crippen LogP contribution in [0.15, 0.2) is 18.2 Å². The molecule has 1 atom stereocenters. The number of nitrogens with one attached hydrogen (secondary N) is 1. The molecule has 0 fully saturated rings. The van der Waals surface area contributed by atoms with Crippen LogP contribution in [0.5, 0.6) is 0 Å². The highest BCUT2D eigenvalue weighted by molar-refractivity contribution is 5.95. The van der Waals surface area contributed by atoms with Crippen LogP contribution in [0.4, 0.5) is 0 Å². The second-order valence-electron chi connectivity index (χ2n) is 3.93. The minimum atomic E-state index is -0.0505. The maximum absolute atomic E-state index is 11.8. The highest BCUT2D eigenvalue weighted by Crippen LogP contribution is 2.10. The van der Waals surface area contributed by atoms with Gasteiger partial charge in [0.1, 0.15) is 0 Å². The van der Waals surface area contributed by atoms with E-state index in [0.29, 0.717) is 6.54 Å². The Hall–Kier alpha value is -1.35. The van der Waals surface area contributed by atoms with Gasteiger partial charge < -0.3 is 11.1 Å². The van der Waals surface area contributed by atoms with Crippen LogP contribution >= 0.6 is 0 Å². The maximum Gasteiger partial charge on any atom is 0.251 e. The molecule has 0 spiro atoms. The van der Waals surface area contributed by atoms with Crippen LogP contribution in [0.1, 0.15) is 28.4 Å². The molecule has 82 valence electrons. The molecule has 0 unspecified atom stereocenters. The van der Waals surface area contributed by atoms with Crippen molar-refractivity contribution >= 4 is 5.91 Å². The number of carbonyl (C=O) groups is 1. The van der Waals surface area contributed by atoms with E-state index in [2.05, 4.69) is 5.32 Å². The Balaban J connectivity index is 2.82. The van der Waals surface area contributed by atoms with Gasteiger partial charge in [0.2, 0.25) is 0 Å². The summed E-state index contributed by atoms with van der Waals surface area (Å²) in [4.78, 5) is 11.8. The zero-order chi connectivity index (χ0) is 11.4. The molecule has 0 heterocycles. The van der Waals surface area contributed by atoms with E-state index in [1.54, 1.807) is 0 Å². The van der Waals surface area contributed by atoms with E-state index in [1.165, 1.54) is 0 Å². The molecule has 15 heavy (non-hydrogen) atoms. The number of benzene rings is 1. The van der Waals surface area contributed by atoms with Crippen molar-refractivity contribution in [3.8, 4) is 0 Å². The molecule has 0 bridgehead atoms. The lowest BCUT2D eigenvalue weighted by Gasteiger charge is -2.12. The molecule has 0 aliphatic heterocycles. The Morgan fingerprint density at radius 2 is 2.13 bits per heavy atom. The van der Waals surface area contributed by atoms with Gasteiger partial charge in [0.05, 0.1) is 0 Å². The van der Waals surface area contributed by atoms with Crippen molar-refractivity contribution in [2.45, 2.75) is 26.8 Å². The van der Waals surface area contributed by atoms with E-state index in [1.807, 2.05) is 39.0 Å². The summed E-state index contributed by atoms with van der Waals surface area (Å²) in [7, 11) is 0. The average Bonchev–Trinajstić information content (AvgIpc) is 2.17. The molecule has 3 N–H and O–H groups in total. The predicted molar refractivity (Wildman–Crippen MR) is 61.9 cm³/mol. The Morgan fingerprint density at radius 1 is 1.47 bits per heavy atom. The third kappa shape index (κ3) is 3.06. The number of carbonyl (C=O) groups excluding carboxylic acids is 1. The van der Waals surface area contributed by atoms with Gasteiger partial charge in [-0.15, -0.1) is 0 Å². The van der Waals surface area contributed by atoms with Crippen molar-refractivity contribution < 1.29 is 4.79 Å². The van der Waals surface area contributed by atoms with Gasteiger partial charge in [0.15, 0.2) is 0 Å². The summed E-state index contributed by atoms with van der Waals surface area (Å²) in [6, 6.07) is 5.80. The summed E-state index contributed by atoms with van der Waals surface area (Å²) in [6.07, 6.45) is 0. The number of hydrogen-bond acceptors (Lipinski definition) is 2. The van der Waals surface area contributed by atoms with Gasteiger partial charge in [0.25, 0.3) is 5.91 Å². The van der Waals surface area contributed by atoms with E-state index in [0.717, 1.165) is 16.7 Å². The first-order chi connectivity index (χ1) is 7.04. The van der Waals surface area contributed by atoms with Crippen LogP contribution in [0.2, 0.25) is 0 Å². The topological polar surface area (TPSA) is 55.1 Å². The van der Waals surface area contributed by atoms with Gasteiger partial charge in [-0.05, 0) is 32.4 Å². The predicted octanol–water partition coefficient (Wildman–Crippen LogP) is 1.38. The van der Waals surface area contributed by atoms with Crippen molar-refractivity contribution in [3.05, 3.63) is 34.9 Å². The Morgan fingerprint density at radius 3 is 2.67 bits per heavy atom. The molecule has 3 nitrogen and oxygen atoms in total. The largest absolute Gasteiger partial charge is 0.348 e. The van der Waals surface area contributed by atoms with E-state index >= 15 is 0 Å². The van der Waals surface area contributed by atoms with Crippen LogP contribution in [0, 0.1) is 13.8 Å². The van der Waals surface area contributed by atoms with Gasteiger partial charge in [-0.25, -0.2) is 0 Å². The lowest BCUT2D eigenvalue weighted by molar-refractivity contribution is 0.0940. The molecule has 0 radical (unpaired) electrons. The first-order valence-electron chi connectivity index (χ1n) is 5.12. The molecule has 1 rings (SSSR count). The van der Waals surface area contributed by atoms with Crippen molar-refractivity contribution in [3.63, 3.8) is 0 Å². The Kier molecular flexibility index (Phi) is 3.86. The zero-order valence-electron chi connectivity index (χ0n) is 9.50. The lowest BCUT2D eigenvalue weighted by Crippen LogP contribution is -2.38. The number of hydrogen-bond donors (Lipinski definition) is 2. The first kappa shape index (κ1) is 11.7. The average molecular weight is 206 g/mol. The fourth-order valence-corrected chi connectivity index (χ4v) is 1.43. The van der Waals surface area contributed by atoms with Crippen molar-refractivity contribution in [1.82, 2.24) is 5.32 Å². The van der Waals surface area contributed by atoms with Crippen LogP contribution < -0.4 is 11.1 Å². The van der Waals surface area contributed by atoms with Crippen LogP contribution in [0.25, 0.3) is 0 Å². The summed E-state index contributed by atoms with van der Waals surface area (Å²) in [5, 5.41) is 2.84.